The van der Waals surface area contributed by atoms with E-state index in [1.165, 1.54) is 11.1 Å². The van der Waals surface area contributed by atoms with Gasteiger partial charge in [-0.3, -0.25) is 0 Å². The predicted molar refractivity (Wildman–Crippen MR) is 79.4 cm³/mol. The van der Waals surface area contributed by atoms with Crippen molar-refractivity contribution >= 4 is 17.3 Å². The smallest absolute Gasteiger partial charge is 0.101 e. The summed E-state index contributed by atoms with van der Waals surface area (Å²) in [5.74, 6) is 0. The molecule has 0 amide bonds. The van der Waals surface area contributed by atoms with Gasteiger partial charge in [-0.2, -0.15) is 5.26 Å². The quantitative estimate of drug-likeness (QED) is 0.878. The summed E-state index contributed by atoms with van der Waals surface area (Å²) in [6.45, 7) is 4.13. The number of nitriles is 1. The summed E-state index contributed by atoms with van der Waals surface area (Å²) in [6, 6.07) is 15.9. The average Bonchev–Trinajstić information content (AvgIpc) is 2.41. The van der Waals surface area contributed by atoms with E-state index in [0.29, 0.717) is 10.6 Å². The number of nitrogens with zero attached hydrogens (tertiary/aromatic N) is 1. The number of halogens is 1. The molecule has 19 heavy (non-hydrogen) atoms. The summed E-state index contributed by atoms with van der Waals surface area (Å²) in [5, 5.41) is 13.0. The van der Waals surface area contributed by atoms with Gasteiger partial charge in [0, 0.05) is 11.1 Å². The van der Waals surface area contributed by atoms with Gasteiger partial charge in [0.1, 0.15) is 6.07 Å². The maximum absolute atomic E-state index is 9.11. The highest BCUT2D eigenvalue weighted by Crippen LogP contribution is 2.24. The normalized spacial score (nSPS) is 11.7. The SMILES string of the molecule is Cc1ccc(C(C)Nc2ccc(Cl)cc2C#N)cc1. The van der Waals surface area contributed by atoms with Gasteiger partial charge in [-0.25, -0.2) is 0 Å². The second-order valence-electron chi connectivity index (χ2n) is 4.58. The lowest BCUT2D eigenvalue weighted by Gasteiger charge is -2.17. The largest absolute Gasteiger partial charge is 0.377 e. The molecule has 2 aromatic carbocycles. The molecule has 0 bridgehead atoms. The zero-order valence-corrected chi connectivity index (χ0v) is 11.7. The number of aryl methyl sites for hydroxylation is 1. The van der Waals surface area contributed by atoms with Crippen LogP contribution in [0.2, 0.25) is 5.02 Å². The van der Waals surface area contributed by atoms with Crippen molar-refractivity contribution in [2.45, 2.75) is 19.9 Å². The van der Waals surface area contributed by atoms with Crippen molar-refractivity contribution in [3.63, 3.8) is 0 Å². The maximum atomic E-state index is 9.11. The summed E-state index contributed by atoms with van der Waals surface area (Å²) in [7, 11) is 0. The molecule has 0 aromatic heterocycles. The molecule has 0 saturated heterocycles. The monoisotopic (exact) mass is 270 g/mol. The van der Waals surface area contributed by atoms with Gasteiger partial charge in [0.25, 0.3) is 0 Å². The summed E-state index contributed by atoms with van der Waals surface area (Å²) >= 11 is 5.89. The third kappa shape index (κ3) is 3.27. The topological polar surface area (TPSA) is 35.8 Å². The second-order valence-corrected chi connectivity index (χ2v) is 5.01. The molecule has 0 saturated carbocycles. The number of anilines is 1. The Kier molecular flexibility index (Phi) is 4.09. The Morgan fingerprint density at radius 2 is 1.84 bits per heavy atom. The summed E-state index contributed by atoms with van der Waals surface area (Å²) < 4.78 is 0. The lowest BCUT2D eigenvalue weighted by molar-refractivity contribution is 0.883. The first-order valence-corrected chi connectivity index (χ1v) is 6.50. The fraction of sp³-hybridized carbons (Fsp3) is 0.188. The van der Waals surface area contributed by atoms with Crippen molar-refractivity contribution in [2.75, 3.05) is 5.32 Å². The Labute approximate surface area is 118 Å². The van der Waals surface area contributed by atoms with Crippen molar-refractivity contribution in [1.82, 2.24) is 0 Å². The Hall–Kier alpha value is -1.98. The number of hydrogen-bond donors (Lipinski definition) is 1. The van der Waals surface area contributed by atoms with Crippen LogP contribution in [0.25, 0.3) is 0 Å². The van der Waals surface area contributed by atoms with E-state index < -0.39 is 0 Å². The first-order chi connectivity index (χ1) is 9.10. The number of nitrogens with one attached hydrogen (secondary N) is 1. The van der Waals surface area contributed by atoms with E-state index in [0.717, 1.165) is 5.69 Å². The van der Waals surface area contributed by atoms with E-state index in [4.69, 9.17) is 16.9 Å². The zero-order valence-electron chi connectivity index (χ0n) is 10.9. The third-order valence-electron chi connectivity index (χ3n) is 3.05. The van der Waals surface area contributed by atoms with Gasteiger partial charge in [0.15, 0.2) is 0 Å². The minimum atomic E-state index is 0.133. The molecule has 1 atom stereocenters. The van der Waals surface area contributed by atoms with Gasteiger partial charge in [0.05, 0.1) is 11.3 Å². The molecule has 0 aliphatic heterocycles. The maximum Gasteiger partial charge on any atom is 0.101 e. The van der Waals surface area contributed by atoms with Crippen LogP contribution in [-0.2, 0) is 0 Å². The molecular formula is C16H15ClN2. The molecule has 96 valence electrons. The molecule has 0 fully saturated rings. The van der Waals surface area contributed by atoms with Crippen LogP contribution in [0.4, 0.5) is 5.69 Å². The first-order valence-electron chi connectivity index (χ1n) is 6.13. The van der Waals surface area contributed by atoms with Gasteiger partial charge in [-0.05, 0) is 37.6 Å². The summed E-state index contributed by atoms with van der Waals surface area (Å²) in [6.07, 6.45) is 0. The van der Waals surface area contributed by atoms with Crippen LogP contribution in [0.1, 0.15) is 29.7 Å². The van der Waals surface area contributed by atoms with Crippen LogP contribution in [0.5, 0.6) is 0 Å². The first kappa shape index (κ1) is 13.5. The van der Waals surface area contributed by atoms with Gasteiger partial charge < -0.3 is 5.32 Å². The molecule has 0 aliphatic carbocycles. The highest BCUT2D eigenvalue weighted by molar-refractivity contribution is 6.30. The third-order valence-corrected chi connectivity index (χ3v) is 3.29. The number of rotatable bonds is 3. The van der Waals surface area contributed by atoms with E-state index in [1.54, 1.807) is 12.1 Å². The number of hydrogen-bond acceptors (Lipinski definition) is 2. The van der Waals surface area contributed by atoms with Crippen LogP contribution in [0, 0.1) is 18.3 Å². The molecule has 0 spiro atoms. The van der Waals surface area contributed by atoms with Crippen molar-refractivity contribution in [3.05, 3.63) is 64.2 Å². The Morgan fingerprint density at radius 3 is 2.47 bits per heavy atom. The minimum absolute atomic E-state index is 0.133. The molecule has 2 rings (SSSR count). The molecule has 0 heterocycles. The van der Waals surface area contributed by atoms with Crippen molar-refractivity contribution in [2.24, 2.45) is 0 Å². The summed E-state index contributed by atoms with van der Waals surface area (Å²) in [4.78, 5) is 0. The standard InChI is InChI=1S/C16H15ClN2/c1-11-3-5-13(6-4-11)12(2)19-16-8-7-15(17)9-14(16)10-18/h3-9,12,19H,1-2H3. The molecule has 1 N–H and O–H groups in total. The van der Waals surface area contributed by atoms with Gasteiger partial charge in [-0.1, -0.05) is 41.4 Å². The Morgan fingerprint density at radius 1 is 1.16 bits per heavy atom. The molecular weight excluding hydrogens is 256 g/mol. The predicted octanol–water partition coefficient (Wildman–Crippen LogP) is 4.69. The molecule has 0 aliphatic rings. The van der Waals surface area contributed by atoms with Crippen LogP contribution in [0.15, 0.2) is 42.5 Å². The van der Waals surface area contributed by atoms with Crippen molar-refractivity contribution in [3.8, 4) is 6.07 Å². The van der Waals surface area contributed by atoms with Gasteiger partial charge in [0.2, 0.25) is 0 Å². The van der Waals surface area contributed by atoms with Crippen molar-refractivity contribution in [1.29, 1.82) is 5.26 Å². The fourth-order valence-electron chi connectivity index (χ4n) is 1.91. The van der Waals surface area contributed by atoms with Crippen molar-refractivity contribution < 1.29 is 0 Å². The molecule has 1 unspecified atom stereocenters. The van der Waals surface area contributed by atoms with Gasteiger partial charge >= 0.3 is 0 Å². The Balaban J connectivity index is 2.21. The molecule has 2 nitrogen and oxygen atoms in total. The zero-order chi connectivity index (χ0) is 13.8. The highest BCUT2D eigenvalue weighted by atomic mass is 35.5. The Bertz CT molecular complexity index is 612. The lowest BCUT2D eigenvalue weighted by atomic mass is 10.1. The second kappa shape index (κ2) is 5.77. The fourth-order valence-corrected chi connectivity index (χ4v) is 2.08. The van der Waals surface area contributed by atoms with E-state index in [2.05, 4.69) is 49.5 Å². The van der Waals surface area contributed by atoms with Gasteiger partial charge in [-0.15, -0.1) is 0 Å². The molecule has 2 aromatic rings. The molecule has 3 heteroatoms. The van der Waals surface area contributed by atoms with E-state index in [9.17, 15) is 0 Å². The highest BCUT2D eigenvalue weighted by Gasteiger charge is 2.08. The van der Waals surface area contributed by atoms with E-state index >= 15 is 0 Å². The average molecular weight is 271 g/mol. The van der Waals surface area contributed by atoms with Crippen LogP contribution < -0.4 is 5.32 Å². The molecule has 0 radical (unpaired) electrons. The van der Waals surface area contributed by atoms with E-state index in [1.807, 2.05) is 6.07 Å². The summed E-state index contributed by atoms with van der Waals surface area (Å²) in [5.41, 5.74) is 3.79. The van der Waals surface area contributed by atoms with Crippen LogP contribution >= 0.6 is 11.6 Å². The lowest BCUT2D eigenvalue weighted by Crippen LogP contribution is -2.07. The van der Waals surface area contributed by atoms with Crippen LogP contribution in [-0.4, -0.2) is 0 Å². The van der Waals surface area contributed by atoms with E-state index in [-0.39, 0.29) is 6.04 Å². The number of benzene rings is 2. The minimum Gasteiger partial charge on any atom is -0.377 e. The van der Waals surface area contributed by atoms with Crippen LogP contribution in [0.3, 0.4) is 0 Å².